The topological polar surface area (TPSA) is 71.1 Å². The number of benzene rings is 1. The third-order valence-corrected chi connectivity index (χ3v) is 4.94. The number of H-pyrrole nitrogens is 1. The van der Waals surface area contributed by atoms with Gasteiger partial charge in [0.15, 0.2) is 0 Å². The van der Waals surface area contributed by atoms with Gasteiger partial charge < -0.3 is 14.6 Å². The van der Waals surface area contributed by atoms with E-state index in [9.17, 15) is 4.79 Å². The maximum Gasteiger partial charge on any atom is 0.272 e. The molecule has 1 aliphatic heterocycles. The van der Waals surface area contributed by atoms with E-state index in [4.69, 9.17) is 4.74 Å². The molecule has 0 spiro atoms. The van der Waals surface area contributed by atoms with Crippen molar-refractivity contribution in [3.05, 3.63) is 78.1 Å². The van der Waals surface area contributed by atoms with Crippen LogP contribution in [0.1, 0.15) is 40.5 Å². The van der Waals surface area contributed by atoms with Gasteiger partial charge in [0.25, 0.3) is 5.91 Å². The molecule has 27 heavy (non-hydrogen) atoms. The molecule has 0 unspecified atom stereocenters. The smallest absolute Gasteiger partial charge is 0.272 e. The van der Waals surface area contributed by atoms with Crippen LogP contribution >= 0.6 is 0 Å². The summed E-state index contributed by atoms with van der Waals surface area (Å²) < 4.78 is 5.81. The summed E-state index contributed by atoms with van der Waals surface area (Å²) in [7, 11) is 0. The zero-order valence-electron chi connectivity index (χ0n) is 15.0. The molecule has 0 bridgehead atoms. The Morgan fingerprint density at radius 1 is 1.19 bits per heavy atom. The lowest BCUT2D eigenvalue weighted by Gasteiger charge is -2.31. The Hall–Kier alpha value is -3.15. The molecule has 6 heteroatoms. The second kappa shape index (κ2) is 8.03. The molecule has 138 valence electrons. The van der Waals surface area contributed by atoms with Crippen molar-refractivity contribution in [3.8, 4) is 5.75 Å². The van der Waals surface area contributed by atoms with Crippen LogP contribution in [0.4, 0.5) is 0 Å². The molecule has 4 rings (SSSR count). The fourth-order valence-corrected chi connectivity index (χ4v) is 3.40. The molecule has 0 radical (unpaired) electrons. The highest BCUT2D eigenvalue weighted by Crippen LogP contribution is 2.27. The Labute approximate surface area is 158 Å². The van der Waals surface area contributed by atoms with Crippen LogP contribution in [0, 0.1) is 0 Å². The number of pyridine rings is 1. The fraction of sp³-hybridized carbons (Fsp3) is 0.286. The van der Waals surface area contributed by atoms with E-state index in [1.807, 2.05) is 41.4 Å². The molecule has 1 saturated heterocycles. The average molecular weight is 362 g/mol. The quantitative estimate of drug-likeness (QED) is 0.755. The number of aromatic nitrogens is 3. The predicted molar refractivity (Wildman–Crippen MR) is 101 cm³/mol. The standard InChI is InChI=1S/C21H22N4O2/c26-21(25-10-7-17(8-11-25)20-13-22-15-24-20)19-12-18(6-9-23-19)27-14-16-4-2-1-3-5-16/h1-6,9,12-13,15,17H,7-8,10-11,14H2,(H,22,24). The molecular weight excluding hydrogens is 340 g/mol. The Kier molecular flexibility index (Phi) is 5.14. The largest absolute Gasteiger partial charge is 0.489 e. The lowest BCUT2D eigenvalue weighted by atomic mass is 9.94. The van der Waals surface area contributed by atoms with E-state index < -0.39 is 0 Å². The first kappa shape index (κ1) is 17.3. The van der Waals surface area contributed by atoms with Crippen LogP contribution in [0.3, 0.4) is 0 Å². The van der Waals surface area contributed by atoms with Crippen molar-refractivity contribution in [2.75, 3.05) is 13.1 Å². The van der Waals surface area contributed by atoms with Gasteiger partial charge in [-0.1, -0.05) is 30.3 Å². The van der Waals surface area contributed by atoms with Gasteiger partial charge in [-0.2, -0.15) is 0 Å². The zero-order valence-corrected chi connectivity index (χ0v) is 15.0. The van der Waals surface area contributed by atoms with Gasteiger partial charge in [-0.3, -0.25) is 9.78 Å². The van der Waals surface area contributed by atoms with Gasteiger partial charge in [0.2, 0.25) is 0 Å². The van der Waals surface area contributed by atoms with Crippen LogP contribution in [0.15, 0.2) is 61.2 Å². The highest BCUT2D eigenvalue weighted by Gasteiger charge is 2.26. The van der Waals surface area contributed by atoms with E-state index in [2.05, 4.69) is 15.0 Å². The highest BCUT2D eigenvalue weighted by molar-refractivity contribution is 5.92. The maximum absolute atomic E-state index is 12.8. The maximum atomic E-state index is 12.8. The second-order valence-electron chi connectivity index (χ2n) is 6.72. The number of nitrogens with zero attached hydrogens (tertiary/aromatic N) is 3. The summed E-state index contributed by atoms with van der Waals surface area (Å²) in [6.07, 6.45) is 7.07. The number of hydrogen-bond acceptors (Lipinski definition) is 4. The first-order chi connectivity index (χ1) is 13.3. The fourth-order valence-electron chi connectivity index (χ4n) is 3.40. The van der Waals surface area contributed by atoms with Gasteiger partial charge in [0.05, 0.1) is 6.33 Å². The van der Waals surface area contributed by atoms with Crippen LogP contribution in [-0.4, -0.2) is 38.8 Å². The molecule has 2 aromatic heterocycles. The van der Waals surface area contributed by atoms with Gasteiger partial charge in [-0.25, -0.2) is 4.98 Å². The van der Waals surface area contributed by atoms with Crippen LogP contribution in [0.2, 0.25) is 0 Å². The molecule has 1 fully saturated rings. The third kappa shape index (κ3) is 4.16. The Balaban J connectivity index is 1.36. The number of aromatic amines is 1. The van der Waals surface area contributed by atoms with Crippen LogP contribution in [0.25, 0.3) is 0 Å². The van der Waals surface area contributed by atoms with E-state index in [0.29, 0.717) is 24.0 Å². The molecule has 1 N–H and O–H groups in total. The van der Waals surface area contributed by atoms with Crippen LogP contribution in [0.5, 0.6) is 5.75 Å². The highest BCUT2D eigenvalue weighted by atomic mass is 16.5. The van der Waals surface area contributed by atoms with E-state index in [1.165, 1.54) is 0 Å². The number of imidazole rings is 1. The lowest BCUT2D eigenvalue weighted by molar-refractivity contribution is 0.0705. The normalized spacial score (nSPS) is 14.9. The van der Waals surface area contributed by atoms with Crippen molar-refractivity contribution in [1.29, 1.82) is 0 Å². The van der Waals surface area contributed by atoms with Crippen molar-refractivity contribution in [3.63, 3.8) is 0 Å². The van der Waals surface area contributed by atoms with E-state index in [1.54, 1.807) is 24.7 Å². The minimum Gasteiger partial charge on any atom is -0.489 e. The van der Waals surface area contributed by atoms with Crippen molar-refractivity contribution in [1.82, 2.24) is 19.9 Å². The van der Waals surface area contributed by atoms with Crippen LogP contribution < -0.4 is 4.74 Å². The number of likely N-dealkylation sites (tertiary alicyclic amines) is 1. The molecule has 0 saturated carbocycles. The Morgan fingerprint density at radius 3 is 2.74 bits per heavy atom. The molecule has 1 amide bonds. The second-order valence-corrected chi connectivity index (χ2v) is 6.72. The summed E-state index contributed by atoms with van der Waals surface area (Å²) in [4.78, 5) is 26.2. The number of amides is 1. The Morgan fingerprint density at radius 2 is 2.00 bits per heavy atom. The van der Waals surface area contributed by atoms with Gasteiger partial charge in [-0.05, 0) is 24.5 Å². The molecule has 1 aliphatic rings. The van der Waals surface area contributed by atoms with E-state index >= 15 is 0 Å². The van der Waals surface area contributed by atoms with Crippen molar-refractivity contribution < 1.29 is 9.53 Å². The summed E-state index contributed by atoms with van der Waals surface area (Å²) in [5.74, 6) is 1.05. The number of rotatable bonds is 5. The minimum absolute atomic E-state index is 0.0387. The van der Waals surface area contributed by atoms with E-state index in [-0.39, 0.29) is 5.91 Å². The number of nitrogens with one attached hydrogen (secondary N) is 1. The molecule has 3 aromatic rings. The number of hydrogen-bond donors (Lipinski definition) is 1. The number of ether oxygens (including phenoxy) is 1. The van der Waals surface area contributed by atoms with Gasteiger partial charge in [-0.15, -0.1) is 0 Å². The first-order valence-electron chi connectivity index (χ1n) is 9.20. The van der Waals surface area contributed by atoms with Gasteiger partial charge >= 0.3 is 0 Å². The van der Waals surface area contributed by atoms with E-state index in [0.717, 1.165) is 37.2 Å². The van der Waals surface area contributed by atoms with Crippen molar-refractivity contribution >= 4 is 5.91 Å². The Bertz CT molecular complexity index is 872. The molecule has 0 aliphatic carbocycles. The van der Waals surface area contributed by atoms with Gasteiger partial charge in [0.1, 0.15) is 18.1 Å². The predicted octanol–water partition coefficient (Wildman–Crippen LogP) is 3.40. The summed E-state index contributed by atoms with van der Waals surface area (Å²) in [6, 6.07) is 13.5. The zero-order chi connectivity index (χ0) is 18.5. The van der Waals surface area contributed by atoms with Gasteiger partial charge in [0, 0.05) is 43.2 Å². The summed E-state index contributed by atoms with van der Waals surface area (Å²) in [6.45, 7) is 1.91. The molecule has 3 heterocycles. The molecular formula is C21H22N4O2. The van der Waals surface area contributed by atoms with Crippen LogP contribution in [-0.2, 0) is 6.61 Å². The SMILES string of the molecule is O=C(c1cc(OCc2ccccc2)ccn1)N1CCC(c2cnc[nH]2)CC1. The summed E-state index contributed by atoms with van der Waals surface area (Å²) >= 11 is 0. The average Bonchev–Trinajstić information content (AvgIpc) is 3.28. The monoisotopic (exact) mass is 362 g/mol. The van der Waals surface area contributed by atoms with Crippen molar-refractivity contribution in [2.45, 2.75) is 25.4 Å². The molecule has 1 aromatic carbocycles. The molecule has 6 nitrogen and oxygen atoms in total. The molecule has 0 atom stereocenters. The third-order valence-electron chi connectivity index (χ3n) is 4.94. The summed E-state index contributed by atoms with van der Waals surface area (Å²) in [5, 5.41) is 0. The minimum atomic E-state index is -0.0387. The van der Waals surface area contributed by atoms with Crippen molar-refractivity contribution in [2.24, 2.45) is 0 Å². The number of piperidine rings is 1. The number of carbonyl (C=O) groups excluding carboxylic acids is 1. The summed E-state index contributed by atoms with van der Waals surface area (Å²) in [5.41, 5.74) is 2.67. The lowest BCUT2D eigenvalue weighted by Crippen LogP contribution is -2.38. The first-order valence-corrected chi connectivity index (χ1v) is 9.20. The number of carbonyl (C=O) groups is 1.